The van der Waals surface area contributed by atoms with E-state index in [1.165, 1.54) is 6.92 Å². The van der Waals surface area contributed by atoms with Gasteiger partial charge < -0.3 is 14.2 Å². The van der Waals surface area contributed by atoms with Crippen LogP contribution in [0.15, 0.2) is 83.5 Å². The quantitative estimate of drug-likeness (QED) is 0.306. The first-order valence-corrected chi connectivity index (χ1v) is 9.70. The molecule has 0 N–H and O–H groups in total. The summed E-state index contributed by atoms with van der Waals surface area (Å²) >= 11 is 6.11. The predicted molar refractivity (Wildman–Crippen MR) is 116 cm³/mol. The lowest BCUT2D eigenvalue weighted by atomic mass is 10.2. The Labute approximate surface area is 183 Å². The molecule has 0 aliphatic carbocycles. The normalized spacial score (nSPS) is 14.2. The molecular formula is C24H16ClNO5. The summed E-state index contributed by atoms with van der Waals surface area (Å²) in [4.78, 5) is 27.9. The molecule has 1 heterocycles. The number of carbonyl (C=O) groups excluding carboxylic acids is 2. The van der Waals surface area contributed by atoms with Crippen molar-refractivity contribution in [3.8, 4) is 17.2 Å². The molecule has 0 fully saturated rings. The van der Waals surface area contributed by atoms with Crippen LogP contribution in [-0.2, 0) is 14.3 Å². The van der Waals surface area contributed by atoms with E-state index in [1.54, 1.807) is 66.7 Å². The average Bonchev–Trinajstić information content (AvgIpc) is 3.11. The van der Waals surface area contributed by atoms with Crippen LogP contribution in [0, 0.1) is 0 Å². The molecule has 3 aromatic rings. The molecule has 4 rings (SSSR count). The van der Waals surface area contributed by atoms with E-state index in [-0.39, 0.29) is 17.3 Å². The van der Waals surface area contributed by atoms with Gasteiger partial charge in [-0.25, -0.2) is 9.79 Å². The van der Waals surface area contributed by atoms with E-state index in [4.69, 9.17) is 25.8 Å². The minimum Gasteiger partial charge on any atom is -0.456 e. The van der Waals surface area contributed by atoms with Crippen molar-refractivity contribution in [2.24, 2.45) is 4.99 Å². The van der Waals surface area contributed by atoms with Crippen LogP contribution in [0.4, 0.5) is 0 Å². The second-order valence-corrected chi connectivity index (χ2v) is 6.93. The van der Waals surface area contributed by atoms with Gasteiger partial charge in [-0.05, 0) is 48.0 Å². The van der Waals surface area contributed by atoms with Crippen LogP contribution in [0.1, 0.15) is 18.1 Å². The maximum Gasteiger partial charge on any atom is 0.363 e. The molecule has 1 aliphatic rings. The van der Waals surface area contributed by atoms with E-state index >= 15 is 0 Å². The lowest BCUT2D eigenvalue weighted by Gasteiger charge is -2.07. The van der Waals surface area contributed by atoms with Crippen LogP contribution in [-0.4, -0.2) is 17.8 Å². The Balaban J connectivity index is 1.55. The Morgan fingerprint density at radius 1 is 0.968 bits per heavy atom. The Morgan fingerprint density at radius 2 is 1.65 bits per heavy atom. The van der Waals surface area contributed by atoms with Crippen LogP contribution < -0.4 is 9.47 Å². The first-order chi connectivity index (χ1) is 15.0. The summed E-state index contributed by atoms with van der Waals surface area (Å²) in [5.41, 5.74) is 1.28. The van der Waals surface area contributed by atoms with Crippen LogP contribution in [0.3, 0.4) is 0 Å². The van der Waals surface area contributed by atoms with Gasteiger partial charge >= 0.3 is 11.9 Å². The monoisotopic (exact) mass is 433 g/mol. The summed E-state index contributed by atoms with van der Waals surface area (Å²) in [5.74, 6) is 0.422. The molecule has 0 amide bonds. The molecule has 0 saturated heterocycles. The standard InChI is InChI=1S/C24H16ClNO5/c1-15(27)29-21-8-4-2-6-18(21)23-26-20(24(28)31-23)14-16-10-12-17(13-11-16)30-22-9-5-3-7-19(22)25/h2-14H,1H3. The van der Waals surface area contributed by atoms with E-state index in [1.807, 2.05) is 12.1 Å². The van der Waals surface area contributed by atoms with E-state index < -0.39 is 11.9 Å². The first kappa shape index (κ1) is 20.4. The maximum atomic E-state index is 12.3. The van der Waals surface area contributed by atoms with Crippen molar-refractivity contribution in [2.45, 2.75) is 6.92 Å². The van der Waals surface area contributed by atoms with Crippen LogP contribution in [0.5, 0.6) is 17.2 Å². The number of halogens is 1. The molecule has 0 atom stereocenters. The van der Waals surface area contributed by atoms with Gasteiger partial charge in [0.25, 0.3) is 0 Å². The van der Waals surface area contributed by atoms with Crippen molar-refractivity contribution in [3.05, 3.63) is 94.6 Å². The summed E-state index contributed by atoms with van der Waals surface area (Å²) < 4.78 is 16.2. The summed E-state index contributed by atoms with van der Waals surface area (Å²) in [6.07, 6.45) is 1.60. The Kier molecular flexibility index (Phi) is 5.82. The van der Waals surface area contributed by atoms with Gasteiger partial charge in [0, 0.05) is 6.92 Å². The molecule has 1 aliphatic heterocycles. The van der Waals surface area contributed by atoms with E-state index in [9.17, 15) is 9.59 Å². The van der Waals surface area contributed by atoms with Gasteiger partial charge in [-0.2, -0.15) is 0 Å². The maximum absolute atomic E-state index is 12.3. The number of aliphatic imine (C=N–C) groups is 1. The number of hydrogen-bond acceptors (Lipinski definition) is 6. The van der Waals surface area contributed by atoms with Crippen molar-refractivity contribution < 1.29 is 23.8 Å². The summed E-state index contributed by atoms with van der Waals surface area (Å²) in [6.45, 7) is 1.30. The van der Waals surface area contributed by atoms with Crippen LogP contribution in [0.25, 0.3) is 6.08 Å². The smallest absolute Gasteiger partial charge is 0.363 e. The number of benzene rings is 3. The van der Waals surface area contributed by atoms with Crippen molar-refractivity contribution in [1.29, 1.82) is 0 Å². The number of ether oxygens (including phenoxy) is 3. The number of nitrogens with zero attached hydrogens (tertiary/aromatic N) is 1. The first-order valence-electron chi connectivity index (χ1n) is 9.32. The minimum absolute atomic E-state index is 0.0757. The number of rotatable bonds is 5. The molecule has 0 saturated carbocycles. The highest BCUT2D eigenvalue weighted by molar-refractivity contribution is 6.32. The summed E-state index contributed by atoms with van der Waals surface area (Å²) in [6, 6.07) is 21.0. The van der Waals surface area contributed by atoms with E-state index in [0.717, 1.165) is 5.56 Å². The predicted octanol–water partition coefficient (Wildman–Crippen LogP) is 5.40. The molecule has 3 aromatic carbocycles. The zero-order chi connectivity index (χ0) is 21.8. The van der Waals surface area contributed by atoms with Crippen molar-refractivity contribution in [1.82, 2.24) is 0 Å². The third-order valence-corrected chi connectivity index (χ3v) is 4.55. The fraction of sp³-hybridized carbons (Fsp3) is 0.0417. The molecule has 0 aromatic heterocycles. The van der Waals surface area contributed by atoms with Crippen LogP contribution >= 0.6 is 11.6 Å². The highest BCUT2D eigenvalue weighted by Crippen LogP contribution is 2.30. The number of cyclic esters (lactones) is 1. The third-order valence-electron chi connectivity index (χ3n) is 4.24. The van der Waals surface area contributed by atoms with Crippen molar-refractivity contribution in [3.63, 3.8) is 0 Å². The molecule has 7 heteroatoms. The molecule has 154 valence electrons. The fourth-order valence-electron chi connectivity index (χ4n) is 2.86. The second kappa shape index (κ2) is 8.85. The SMILES string of the molecule is CC(=O)Oc1ccccc1C1=NC(=Cc2ccc(Oc3ccccc3Cl)cc2)C(=O)O1. The number of esters is 2. The molecule has 31 heavy (non-hydrogen) atoms. The van der Waals surface area contributed by atoms with Crippen molar-refractivity contribution in [2.75, 3.05) is 0 Å². The van der Waals surface area contributed by atoms with E-state index in [2.05, 4.69) is 4.99 Å². The molecule has 0 radical (unpaired) electrons. The summed E-state index contributed by atoms with van der Waals surface area (Å²) in [5, 5.41) is 0.512. The molecule has 0 unspecified atom stereocenters. The number of para-hydroxylation sites is 2. The zero-order valence-corrected chi connectivity index (χ0v) is 17.1. The molecular weight excluding hydrogens is 418 g/mol. The Hall–Kier alpha value is -3.90. The minimum atomic E-state index is -0.593. The highest BCUT2D eigenvalue weighted by atomic mass is 35.5. The van der Waals surface area contributed by atoms with Gasteiger partial charge in [-0.15, -0.1) is 0 Å². The highest BCUT2D eigenvalue weighted by Gasteiger charge is 2.26. The topological polar surface area (TPSA) is 74.2 Å². The second-order valence-electron chi connectivity index (χ2n) is 6.53. The van der Waals surface area contributed by atoms with Gasteiger partial charge in [0.2, 0.25) is 5.90 Å². The number of carbonyl (C=O) groups is 2. The Bertz CT molecular complexity index is 1210. The van der Waals surface area contributed by atoms with Gasteiger partial charge in [-0.3, -0.25) is 4.79 Å². The number of hydrogen-bond donors (Lipinski definition) is 0. The van der Waals surface area contributed by atoms with Crippen molar-refractivity contribution >= 4 is 35.5 Å². The molecule has 0 bridgehead atoms. The summed E-state index contributed by atoms with van der Waals surface area (Å²) in [7, 11) is 0. The molecule has 0 spiro atoms. The van der Waals surface area contributed by atoms with Gasteiger partial charge in [0.15, 0.2) is 5.70 Å². The lowest BCUT2D eigenvalue weighted by Crippen LogP contribution is -2.10. The zero-order valence-electron chi connectivity index (χ0n) is 16.4. The van der Waals surface area contributed by atoms with Gasteiger partial charge in [0.1, 0.15) is 17.2 Å². The van der Waals surface area contributed by atoms with Crippen LogP contribution in [0.2, 0.25) is 5.02 Å². The third kappa shape index (κ3) is 4.82. The van der Waals surface area contributed by atoms with Gasteiger partial charge in [0.05, 0.1) is 10.6 Å². The Morgan fingerprint density at radius 3 is 2.35 bits per heavy atom. The van der Waals surface area contributed by atoms with E-state index in [0.29, 0.717) is 22.1 Å². The fourth-order valence-corrected chi connectivity index (χ4v) is 3.03. The average molecular weight is 434 g/mol. The largest absolute Gasteiger partial charge is 0.456 e. The lowest BCUT2D eigenvalue weighted by molar-refractivity contribution is -0.132. The molecule has 6 nitrogen and oxygen atoms in total. The van der Waals surface area contributed by atoms with Gasteiger partial charge in [-0.1, -0.05) is 48.0 Å².